The lowest BCUT2D eigenvalue weighted by atomic mass is 10.2. The molecule has 0 fully saturated rings. The van der Waals surface area contributed by atoms with E-state index in [0.29, 0.717) is 27.6 Å². The third-order valence-electron chi connectivity index (χ3n) is 4.57. The van der Waals surface area contributed by atoms with E-state index in [9.17, 15) is 9.59 Å². The lowest BCUT2D eigenvalue weighted by Crippen LogP contribution is -2.22. The normalized spacial score (nSPS) is 12.1. The van der Waals surface area contributed by atoms with Crippen molar-refractivity contribution < 1.29 is 13.9 Å². The van der Waals surface area contributed by atoms with Crippen LogP contribution >= 0.6 is 11.8 Å². The van der Waals surface area contributed by atoms with E-state index in [0.717, 1.165) is 5.56 Å². The highest BCUT2D eigenvalue weighted by molar-refractivity contribution is 7.99. The number of carbonyl (C=O) groups excluding carboxylic acids is 1. The van der Waals surface area contributed by atoms with Gasteiger partial charge in [0.2, 0.25) is 5.76 Å². The molecule has 0 unspecified atom stereocenters. The second-order valence-electron chi connectivity index (χ2n) is 6.70. The molecule has 8 heteroatoms. The van der Waals surface area contributed by atoms with Crippen molar-refractivity contribution in [3.05, 3.63) is 82.2 Å². The number of pyridine rings is 1. The highest BCUT2D eigenvalue weighted by Crippen LogP contribution is 2.35. The zero-order chi connectivity index (χ0) is 21.3. The van der Waals surface area contributed by atoms with Crippen LogP contribution in [-0.2, 0) is 4.74 Å². The summed E-state index contributed by atoms with van der Waals surface area (Å²) in [6, 6.07) is 14.2. The van der Waals surface area contributed by atoms with Crippen molar-refractivity contribution in [3.8, 4) is 5.82 Å². The number of carbonyl (C=O) groups is 1. The molecule has 0 spiro atoms. The fourth-order valence-electron chi connectivity index (χ4n) is 2.98. The Morgan fingerprint density at radius 3 is 2.70 bits per heavy atom. The topological polar surface area (TPSA) is 87.2 Å². The van der Waals surface area contributed by atoms with Crippen LogP contribution in [0.1, 0.15) is 34.1 Å². The maximum atomic E-state index is 13.3. The summed E-state index contributed by atoms with van der Waals surface area (Å²) in [5.74, 6) is 0.659. The van der Waals surface area contributed by atoms with E-state index in [1.54, 1.807) is 36.5 Å². The zero-order valence-corrected chi connectivity index (χ0v) is 17.5. The number of aromatic nitrogens is 3. The quantitative estimate of drug-likeness (QED) is 0.269. The SMILES string of the molecule is COC(=O)c1ccc([C@H](C)Sc2nc3ccccc3c(=O)n2-c2ccc(C)cn2)o1. The van der Waals surface area contributed by atoms with Crippen molar-refractivity contribution >= 4 is 28.6 Å². The van der Waals surface area contributed by atoms with Gasteiger partial charge in [0.05, 0.1) is 23.3 Å². The summed E-state index contributed by atoms with van der Waals surface area (Å²) in [4.78, 5) is 34.1. The molecule has 0 aliphatic heterocycles. The number of thioether (sulfide) groups is 1. The van der Waals surface area contributed by atoms with Crippen LogP contribution < -0.4 is 5.56 Å². The van der Waals surface area contributed by atoms with Gasteiger partial charge in [-0.3, -0.25) is 4.79 Å². The van der Waals surface area contributed by atoms with Crippen molar-refractivity contribution in [1.82, 2.24) is 14.5 Å². The molecule has 0 bridgehead atoms. The molecule has 4 aromatic rings. The number of para-hydroxylation sites is 1. The van der Waals surface area contributed by atoms with Crippen molar-refractivity contribution in [1.29, 1.82) is 0 Å². The number of ether oxygens (including phenoxy) is 1. The van der Waals surface area contributed by atoms with E-state index in [1.807, 2.05) is 32.0 Å². The molecule has 0 saturated heterocycles. The van der Waals surface area contributed by atoms with Crippen LogP contribution in [0.15, 0.2) is 69.1 Å². The van der Waals surface area contributed by atoms with Crippen molar-refractivity contribution in [2.75, 3.05) is 7.11 Å². The van der Waals surface area contributed by atoms with Crippen molar-refractivity contribution in [2.45, 2.75) is 24.3 Å². The molecule has 152 valence electrons. The van der Waals surface area contributed by atoms with Crippen molar-refractivity contribution in [3.63, 3.8) is 0 Å². The zero-order valence-electron chi connectivity index (χ0n) is 16.7. The van der Waals surface area contributed by atoms with Gasteiger partial charge in [0.25, 0.3) is 5.56 Å². The van der Waals surface area contributed by atoms with Gasteiger partial charge >= 0.3 is 5.97 Å². The molecule has 1 aromatic carbocycles. The number of fused-ring (bicyclic) bond motifs is 1. The van der Waals surface area contributed by atoms with Gasteiger partial charge in [-0.25, -0.2) is 19.3 Å². The van der Waals surface area contributed by atoms with Gasteiger partial charge in [-0.1, -0.05) is 30.0 Å². The number of hydrogen-bond donors (Lipinski definition) is 0. The largest absolute Gasteiger partial charge is 0.463 e. The predicted octanol–water partition coefficient (Wildman–Crippen LogP) is 4.32. The Bertz CT molecular complexity index is 1280. The Balaban J connectivity index is 1.80. The van der Waals surface area contributed by atoms with Gasteiger partial charge in [0.15, 0.2) is 5.16 Å². The van der Waals surface area contributed by atoms with Gasteiger partial charge in [-0.05, 0) is 49.7 Å². The lowest BCUT2D eigenvalue weighted by molar-refractivity contribution is 0.0563. The molecule has 0 aliphatic carbocycles. The van der Waals surface area contributed by atoms with Crippen LogP contribution in [0.3, 0.4) is 0 Å². The first-order valence-corrected chi connectivity index (χ1v) is 10.2. The van der Waals surface area contributed by atoms with Crippen LogP contribution in [0.5, 0.6) is 0 Å². The van der Waals surface area contributed by atoms with E-state index >= 15 is 0 Å². The number of rotatable bonds is 5. The third kappa shape index (κ3) is 3.73. The van der Waals surface area contributed by atoms with Crippen LogP contribution in [0.2, 0.25) is 0 Å². The number of esters is 1. The van der Waals surface area contributed by atoms with E-state index in [-0.39, 0.29) is 16.6 Å². The average molecular weight is 421 g/mol. The first-order valence-electron chi connectivity index (χ1n) is 9.27. The monoisotopic (exact) mass is 421 g/mol. The van der Waals surface area contributed by atoms with Gasteiger partial charge < -0.3 is 9.15 Å². The van der Waals surface area contributed by atoms with Crippen LogP contribution in [0, 0.1) is 6.92 Å². The highest BCUT2D eigenvalue weighted by Gasteiger charge is 2.21. The number of furan rings is 1. The number of nitrogens with zero attached hydrogens (tertiary/aromatic N) is 3. The lowest BCUT2D eigenvalue weighted by Gasteiger charge is -2.15. The minimum Gasteiger partial charge on any atom is -0.463 e. The molecular weight excluding hydrogens is 402 g/mol. The van der Waals surface area contributed by atoms with E-state index in [4.69, 9.17) is 14.1 Å². The Morgan fingerprint density at radius 2 is 1.97 bits per heavy atom. The first kappa shape index (κ1) is 19.9. The van der Waals surface area contributed by atoms with Crippen LogP contribution in [0.25, 0.3) is 16.7 Å². The fraction of sp³-hybridized carbons (Fsp3) is 0.182. The van der Waals surface area contributed by atoms with Crippen LogP contribution in [0.4, 0.5) is 0 Å². The maximum Gasteiger partial charge on any atom is 0.373 e. The second kappa shape index (κ2) is 8.16. The summed E-state index contributed by atoms with van der Waals surface area (Å²) in [7, 11) is 1.30. The molecular formula is C22H19N3O4S. The molecule has 1 atom stereocenters. The Kier molecular flexibility index (Phi) is 5.41. The number of hydrogen-bond acceptors (Lipinski definition) is 7. The van der Waals surface area contributed by atoms with E-state index in [2.05, 4.69) is 4.98 Å². The van der Waals surface area contributed by atoms with Crippen LogP contribution in [-0.4, -0.2) is 27.6 Å². The third-order valence-corrected chi connectivity index (χ3v) is 5.64. The van der Waals surface area contributed by atoms with E-state index < -0.39 is 5.97 Å². The fourth-order valence-corrected chi connectivity index (χ4v) is 3.98. The predicted molar refractivity (Wildman–Crippen MR) is 114 cm³/mol. The Hall–Kier alpha value is -3.39. The molecule has 0 saturated carbocycles. The summed E-state index contributed by atoms with van der Waals surface area (Å²) in [6.07, 6.45) is 1.71. The minimum absolute atomic E-state index is 0.129. The molecule has 7 nitrogen and oxygen atoms in total. The molecule has 3 aromatic heterocycles. The molecule has 30 heavy (non-hydrogen) atoms. The average Bonchev–Trinajstić information content (AvgIpc) is 3.25. The maximum absolute atomic E-state index is 13.3. The summed E-state index contributed by atoms with van der Waals surface area (Å²) in [5, 5.41) is 0.787. The van der Waals surface area contributed by atoms with Crippen molar-refractivity contribution in [2.24, 2.45) is 0 Å². The Morgan fingerprint density at radius 1 is 1.17 bits per heavy atom. The minimum atomic E-state index is -0.539. The van der Waals surface area contributed by atoms with Gasteiger partial charge in [-0.15, -0.1) is 0 Å². The first-order chi connectivity index (χ1) is 14.5. The highest BCUT2D eigenvalue weighted by atomic mass is 32.2. The number of benzene rings is 1. The molecule has 0 amide bonds. The molecule has 0 aliphatic rings. The smallest absolute Gasteiger partial charge is 0.373 e. The van der Waals surface area contributed by atoms with E-state index in [1.165, 1.54) is 23.4 Å². The number of methoxy groups -OCH3 is 1. The molecule has 0 N–H and O–H groups in total. The van der Waals surface area contributed by atoms with Gasteiger partial charge in [0.1, 0.15) is 11.6 Å². The summed E-state index contributed by atoms with van der Waals surface area (Å²) < 4.78 is 11.8. The molecule has 0 radical (unpaired) electrons. The van der Waals surface area contributed by atoms with Gasteiger partial charge in [0, 0.05) is 6.20 Å². The van der Waals surface area contributed by atoms with Gasteiger partial charge in [-0.2, -0.15) is 0 Å². The Labute approximate surface area is 176 Å². The summed E-state index contributed by atoms with van der Waals surface area (Å²) >= 11 is 1.35. The second-order valence-corrected chi connectivity index (χ2v) is 8.01. The standard InChI is InChI=1S/C22H19N3O4S/c1-13-8-11-19(23-12-13)25-20(26)15-6-4-5-7-16(15)24-22(25)30-14(2)17-9-10-18(29-17)21(27)28-3/h4-12,14H,1-3H3/t14-/m0/s1. The summed E-state index contributed by atoms with van der Waals surface area (Å²) in [5.41, 5.74) is 1.41. The number of aryl methyl sites for hydroxylation is 1. The summed E-state index contributed by atoms with van der Waals surface area (Å²) in [6.45, 7) is 3.85. The molecule has 3 heterocycles. The molecule has 4 rings (SSSR count).